The molecule has 0 atom stereocenters. The standard InChI is InChI=1S/C11H12N2O3/c1-7-9(11(15)16-2)12-8-5-3-4-6-13(8)10(7)14/h3,5H,4,6H2,1-2H3. The van der Waals surface area contributed by atoms with Crippen LogP contribution in [0.2, 0.25) is 0 Å². The second-order valence-corrected chi connectivity index (χ2v) is 3.58. The van der Waals surface area contributed by atoms with Crippen molar-refractivity contribution >= 4 is 12.0 Å². The molecular weight excluding hydrogens is 208 g/mol. The molecule has 0 saturated carbocycles. The number of esters is 1. The van der Waals surface area contributed by atoms with Gasteiger partial charge < -0.3 is 4.74 Å². The van der Waals surface area contributed by atoms with Crippen LogP contribution in [0.4, 0.5) is 0 Å². The van der Waals surface area contributed by atoms with Gasteiger partial charge >= 0.3 is 5.97 Å². The smallest absolute Gasteiger partial charge is 0.357 e. The Labute approximate surface area is 92.4 Å². The first-order valence-corrected chi connectivity index (χ1v) is 5.01. The van der Waals surface area contributed by atoms with Gasteiger partial charge in [-0.25, -0.2) is 9.78 Å². The molecule has 5 nitrogen and oxygen atoms in total. The minimum atomic E-state index is -0.572. The highest BCUT2D eigenvalue weighted by atomic mass is 16.5. The van der Waals surface area contributed by atoms with Gasteiger partial charge in [-0.3, -0.25) is 9.36 Å². The van der Waals surface area contributed by atoms with Gasteiger partial charge in [-0.1, -0.05) is 6.08 Å². The van der Waals surface area contributed by atoms with E-state index < -0.39 is 5.97 Å². The maximum atomic E-state index is 11.9. The Morgan fingerprint density at radius 2 is 2.31 bits per heavy atom. The lowest BCUT2D eigenvalue weighted by molar-refractivity contribution is 0.0592. The molecule has 0 spiro atoms. The van der Waals surface area contributed by atoms with E-state index in [1.165, 1.54) is 7.11 Å². The lowest BCUT2D eigenvalue weighted by atomic mass is 10.2. The quantitative estimate of drug-likeness (QED) is 0.655. The van der Waals surface area contributed by atoms with Gasteiger partial charge in [0.2, 0.25) is 0 Å². The zero-order chi connectivity index (χ0) is 11.7. The van der Waals surface area contributed by atoms with Crippen molar-refractivity contribution in [2.45, 2.75) is 19.9 Å². The summed E-state index contributed by atoms with van der Waals surface area (Å²) >= 11 is 0. The Balaban J connectivity index is 2.68. The molecule has 0 aromatic carbocycles. The maximum Gasteiger partial charge on any atom is 0.357 e. The van der Waals surface area contributed by atoms with E-state index in [-0.39, 0.29) is 11.3 Å². The third-order valence-corrected chi connectivity index (χ3v) is 2.59. The molecule has 0 fully saturated rings. The van der Waals surface area contributed by atoms with Gasteiger partial charge in [0.15, 0.2) is 5.69 Å². The summed E-state index contributed by atoms with van der Waals surface area (Å²) < 4.78 is 6.16. The molecule has 1 aromatic rings. The largest absolute Gasteiger partial charge is 0.464 e. The fraction of sp³-hybridized carbons (Fsp3) is 0.364. The molecule has 84 valence electrons. The number of hydrogen-bond acceptors (Lipinski definition) is 4. The van der Waals surface area contributed by atoms with Gasteiger partial charge in [0, 0.05) is 12.1 Å². The Kier molecular flexibility index (Phi) is 2.60. The SMILES string of the molecule is COC(=O)c1nc2n(c(=O)c1C)CCC=C2. The summed E-state index contributed by atoms with van der Waals surface area (Å²) in [6.07, 6.45) is 4.49. The summed E-state index contributed by atoms with van der Waals surface area (Å²) in [6.45, 7) is 2.20. The molecule has 2 heterocycles. The number of methoxy groups -OCH3 is 1. The minimum Gasteiger partial charge on any atom is -0.464 e. The molecule has 0 aliphatic carbocycles. The highest BCUT2D eigenvalue weighted by Gasteiger charge is 2.18. The number of carbonyl (C=O) groups is 1. The monoisotopic (exact) mass is 220 g/mol. The number of ether oxygens (including phenoxy) is 1. The fourth-order valence-electron chi connectivity index (χ4n) is 1.70. The molecule has 0 unspecified atom stereocenters. The van der Waals surface area contributed by atoms with Crippen LogP contribution < -0.4 is 5.56 Å². The number of allylic oxidation sites excluding steroid dienone is 1. The van der Waals surface area contributed by atoms with E-state index in [0.717, 1.165) is 6.42 Å². The summed E-state index contributed by atoms with van der Waals surface area (Å²) in [5.41, 5.74) is 0.269. The average Bonchev–Trinajstić information content (AvgIpc) is 2.33. The van der Waals surface area contributed by atoms with Crippen molar-refractivity contribution in [1.82, 2.24) is 9.55 Å². The van der Waals surface area contributed by atoms with E-state index in [1.54, 1.807) is 17.6 Å². The van der Waals surface area contributed by atoms with E-state index >= 15 is 0 Å². The van der Waals surface area contributed by atoms with Gasteiger partial charge in [-0.05, 0) is 19.4 Å². The molecule has 1 aromatic heterocycles. The number of hydrogen-bond donors (Lipinski definition) is 0. The summed E-state index contributed by atoms with van der Waals surface area (Å²) in [4.78, 5) is 27.5. The van der Waals surface area contributed by atoms with E-state index in [9.17, 15) is 9.59 Å². The predicted molar refractivity (Wildman–Crippen MR) is 58.2 cm³/mol. The van der Waals surface area contributed by atoms with Crippen LogP contribution >= 0.6 is 0 Å². The molecule has 0 saturated heterocycles. The lowest BCUT2D eigenvalue weighted by Crippen LogP contribution is -2.30. The van der Waals surface area contributed by atoms with Crippen molar-refractivity contribution in [2.75, 3.05) is 7.11 Å². The predicted octanol–water partition coefficient (Wildman–Crippen LogP) is 0.755. The molecule has 0 bridgehead atoms. The van der Waals surface area contributed by atoms with Crippen LogP contribution in [-0.2, 0) is 11.3 Å². The van der Waals surface area contributed by atoms with Crippen LogP contribution in [0.3, 0.4) is 0 Å². The van der Waals surface area contributed by atoms with Crippen LogP contribution in [0.1, 0.15) is 28.3 Å². The molecule has 1 aliphatic rings. The van der Waals surface area contributed by atoms with Gasteiger partial charge in [0.25, 0.3) is 5.56 Å². The second-order valence-electron chi connectivity index (χ2n) is 3.58. The number of nitrogens with zero attached hydrogens (tertiary/aromatic N) is 2. The van der Waals surface area contributed by atoms with Crippen LogP contribution in [0, 0.1) is 6.92 Å². The third-order valence-electron chi connectivity index (χ3n) is 2.59. The van der Waals surface area contributed by atoms with Gasteiger partial charge in [-0.2, -0.15) is 0 Å². The number of rotatable bonds is 1. The Bertz CT molecular complexity index is 529. The van der Waals surface area contributed by atoms with Crippen molar-refractivity contribution in [3.05, 3.63) is 33.5 Å². The van der Waals surface area contributed by atoms with Crippen LogP contribution in [-0.4, -0.2) is 22.6 Å². The van der Waals surface area contributed by atoms with Gasteiger partial charge in [-0.15, -0.1) is 0 Å². The first kappa shape index (κ1) is 10.6. The molecule has 0 N–H and O–H groups in total. The van der Waals surface area contributed by atoms with Crippen molar-refractivity contribution in [3.63, 3.8) is 0 Å². The molecule has 1 aliphatic heterocycles. The van der Waals surface area contributed by atoms with Crippen molar-refractivity contribution < 1.29 is 9.53 Å². The van der Waals surface area contributed by atoms with Crippen molar-refractivity contribution in [2.24, 2.45) is 0 Å². The zero-order valence-electron chi connectivity index (χ0n) is 9.19. The summed E-state index contributed by atoms with van der Waals surface area (Å²) in [6, 6.07) is 0. The van der Waals surface area contributed by atoms with E-state index in [2.05, 4.69) is 9.72 Å². The Hall–Kier alpha value is -1.91. The van der Waals surface area contributed by atoms with E-state index in [1.807, 2.05) is 6.08 Å². The first-order chi connectivity index (χ1) is 7.65. The molecular formula is C11H12N2O3. The molecule has 2 rings (SSSR count). The lowest BCUT2D eigenvalue weighted by Gasteiger charge is -2.14. The molecule has 16 heavy (non-hydrogen) atoms. The van der Waals surface area contributed by atoms with Crippen LogP contribution in [0.15, 0.2) is 10.9 Å². The second kappa shape index (κ2) is 3.92. The maximum absolute atomic E-state index is 11.9. The van der Waals surface area contributed by atoms with Crippen LogP contribution in [0.5, 0.6) is 0 Å². The van der Waals surface area contributed by atoms with Crippen molar-refractivity contribution in [1.29, 1.82) is 0 Å². The molecule has 0 radical (unpaired) electrons. The van der Waals surface area contributed by atoms with Crippen molar-refractivity contribution in [3.8, 4) is 0 Å². The number of aromatic nitrogens is 2. The highest BCUT2D eigenvalue weighted by Crippen LogP contribution is 2.10. The summed E-state index contributed by atoms with van der Waals surface area (Å²) in [5, 5.41) is 0. The summed E-state index contributed by atoms with van der Waals surface area (Å²) in [5.74, 6) is -0.0563. The Morgan fingerprint density at radius 3 is 3.00 bits per heavy atom. The summed E-state index contributed by atoms with van der Waals surface area (Å²) in [7, 11) is 1.27. The Morgan fingerprint density at radius 1 is 1.56 bits per heavy atom. The van der Waals surface area contributed by atoms with E-state index in [0.29, 0.717) is 17.9 Å². The third kappa shape index (κ3) is 1.54. The first-order valence-electron chi connectivity index (χ1n) is 5.01. The van der Waals surface area contributed by atoms with E-state index in [4.69, 9.17) is 0 Å². The van der Waals surface area contributed by atoms with Gasteiger partial charge in [0.05, 0.1) is 7.11 Å². The normalized spacial score (nSPS) is 13.4. The average molecular weight is 220 g/mol. The minimum absolute atomic E-state index is 0.102. The highest BCUT2D eigenvalue weighted by molar-refractivity contribution is 5.88. The number of fused-ring (bicyclic) bond motifs is 1. The zero-order valence-corrected chi connectivity index (χ0v) is 9.19. The number of carbonyl (C=O) groups excluding carboxylic acids is 1. The topological polar surface area (TPSA) is 61.2 Å². The molecule has 0 amide bonds. The van der Waals surface area contributed by atoms with Gasteiger partial charge in [0.1, 0.15) is 5.82 Å². The molecule has 5 heteroatoms. The fourth-order valence-corrected chi connectivity index (χ4v) is 1.70. The van der Waals surface area contributed by atoms with Crippen LogP contribution in [0.25, 0.3) is 6.08 Å².